The summed E-state index contributed by atoms with van der Waals surface area (Å²) in [5, 5.41) is 2.90. The van der Waals surface area contributed by atoms with Gasteiger partial charge in [0.05, 0.1) is 12.9 Å². The molecule has 0 heterocycles. The number of esters is 1. The van der Waals surface area contributed by atoms with Gasteiger partial charge in [-0.1, -0.05) is 24.6 Å². The van der Waals surface area contributed by atoms with Gasteiger partial charge in [0.2, 0.25) is 5.91 Å². The molecule has 0 aromatic heterocycles. The van der Waals surface area contributed by atoms with Crippen molar-refractivity contribution in [2.24, 2.45) is 0 Å². The fourth-order valence-electron chi connectivity index (χ4n) is 1.81. The van der Waals surface area contributed by atoms with Gasteiger partial charge in [0.25, 0.3) is 0 Å². The van der Waals surface area contributed by atoms with Crippen LogP contribution in [0.1, 0.15) is 31.2 Å². The molecular weight excluding hydrogens is 286 g/mol. The predicted molar refractivity (Wildman–Crippen MR) is 85.4 cm³/mol. The summed E-state index contributed by atoms with van der Waals surface area (Å²) in [4.78, 5) is 23.8. The largest absolute Gasteiger partial charge is 0.469 e. The van der Waals surface area contributed by atoms with Gasteiger partial charge in [0.15, 0.2) is 0 Å². The summed E-state index contributed by atoms with van der Waals surface area (Å²) in [6.45, 7) is 2.70. The van der Waals surface area contributed by atoms with Crippen LogP contribution in [0.5, 0.6) is 0 Å². The van der Waals surface area contributed by atoms with E-state index in [1.54, 1.807) is 11.8 Å². The maximum absolute atomic E-state index is 11.7. The van der Waals surface area contributed by atoms with Crippen molar-refractivity contribution in [1.82, 2.24) is 5.32 Å². The number of nitrogens with one attached hydrogen (secondary N) is 1. The van der Waals surface area contributed by atoms with Gasteiger partial charge in [0, 0.05) is 17.9 Å². The second-order valence-electron chi connectivity index (χ2n) is 4.79. The van der Waals surface area contributed by atoms with Crippen LogP contribution in [0.15, 0.2) is 29.2 Å². The van der Waals surface area contributed by atoms with Crippen LogP contribution in [0.2, 0.25) is 0 Å². The molecule has 0 unspecified atom stereocenters. The summed E-state index contributed by atoms with van der Waals surface area (Å²) in [6.07, 6.45) is 3.06. The van der Waals surface area contributed by atoms with E-state index in [4.69, 9.17) is 0 Å². The third-order valence-corrected chi connectivity index (χ3v) is 4.24. The minimum atomic E-state index is -0.173. The molecular formula is C16H23NO3S. The van der Waals surface area contributed by atoms with Crippen molar-refractivity contribution in [3.8, 4) is 0 Å². The minimum absolute atomic E-state index is 0.0521. The summed E-state index contributed by atoms with van der Waals surface area (Å²) in [7, 11) is 1.40. The Morgan fingerprint density at radius 3 is 2.67 bits per heavy atom. The van der Waals surface area contributed by atoms with E-state index in [0.29, 0.717) is 18.7 Å². The monoisotopic (exact) mass is 309 g/mol. The van der Waals surface area contributed by atoms with Crippen LogP contribution in [-0.4, -0.2) is 31.3 Å². The molecule has 0 fully saturated rings. The number of thioether (sulfide) groups is 1. The maximum Gasteiger partial charge on any atom is 0.305 e. The van der Waals surface area contributed by atoms with Crippen LogP contribution in [0.4, 0.5) is 0 Å². The highest BCUT2D eigenvalue weighted by molar-refractivity contribution is 8.00. The average molecular weight is 309 g/mol. The summed E-state index contributed by atoms with van der Waals surface area (Å²) >= 11 is 1.56. The number of aryl methyl sites for hydroxylation is 1. The lowest BCUT2D eigenvalue weighted by Crippen LogP contribution is -2.26. The first-order chi connectivity index (χ1) is 10.1. The van der Waals surface area contributed by atoms with E-state index in [0.717, 1.165) is 24.2 Å². The van der Waals surface area contributed by atoms with E-state index in [-0.39, 0.29) is 11.9 Å². The Bertz CT molecular complexity index is 463. The van der Waals surface area contributed by atoms with Crippen molar-refractivity contribution < 1.29 is 14.3 Å². The number of ether oxygens (including phenoxy) is 1. The van der Waals surface area contributed by atoms with Gasteiger partial charge in [-0.05, 0) is 31.4 Å². The van der Waals surface area contributed by atoms with Gasteiger partial charge in [0.1, 0.15) is 0 Å². The smallest absolute Gasteiger partial charge is 0.305 e. The number of carbonyl (C=O) groups excluding carboxylic acids is 2. The first kappa shape index (κ1) is 17.6. The molecule has 0 atom stereocenters. The third kappa shape index (κ3) is 7.75. The molecule has 1 rings (SSSR count). The van der Waals surface area contributed by atoms with Crippen molar-refractivity contribution in [1.29, 1.82) is 0 Å². The van der Waals surface area contributed by atoms with E-state index in [9.17, 15) is 9.59 Å². The zero-order chi connectivity index (χ0) is 15.5. The summed E-state index contributed by atoms with van der Waals surface area (Å²) in [5.74, 6) is 0.317. The van der Waals surface area contributed by atoms with Gasteiger partial charge < -0.3 is 10.1 Å². The summed E-state index contributed by atoms with van der Waals surface area (Å²) < 4.78 is 4.57. The van der Waals surface area contributed by atoms with E-state index in [2.05, 4.69) is 10.1 Å². The molecule has 0 saturated heterocycles. The maximum atomic E-state index is 11.7. The number of carbonyl (C=O) groups is 2. The molecule has 0 bridgehead atoms. The molecule has 0 aliphatic rings. The van der Waals surface area contributed by atoms with Gasteiger partial charge in [-0.15, -0.1) is 11.8 Å². The number of rotatable bonds is 9. The van der Waals surface area contributed by atoms with Crippen LogP contribution in [-0.2, 0) is 14.3 Å². The Hall–Kier alpha value is -1.49. The first-order valence-corrected chi connectivity index (χ1v) is 8.14. The SMILES string of the molecule is COC(=O)CCCCCNC(=O)CSc1ccccc1C. The first-order valence-electron chi connectivity index (χ1n) is 7.15. The lowest BCUT2D eigenvalue weighted by Gasteiger charge is -2.06. The molecule has 0 aliphatic carbocycles. The normalized spacial score (nSPS) is 10.2. The molecule has 1 aromatic rings. The highest BCUT2D eigenvalue weighted by Crippen LogP contribution is 2.21. The van der Waals surface area contributed by atoms with Crippen molar-refractivity contribution in [2.75, 3.05) is 19.4 Å². The Morgan fingerprint density at radius 2 is 1.95 bits per heavy atom. The van der Waals surface area contributed by atoms with E-state index < -0.39 is 0 Å². The molecule has 0 aliphatic heterocycles. The fraction of sp³-hybridized carbons (Fsp3) is 0.500. The molecule has 0 spiro atoms. The van der Waals surface area contributed by atoms with Crippen molar-refractivity contribution in [3.05, 3.63) is 29.8 Å². The van der Waals surface area contributed by atoms with E-state index >= 15 is 0 Å². The molecule has 4 nitrogen and oxygen atoms in total. The zero-order valence-corrected chi connectivity index (χ0v) is 13.5. The lowest BCUT2D eigenvalue weighted by atomic mass is 10.2. The fourth-order valence-corrected chi connectivity index (χ4v) is 2.67. The van der Waals surface area contributed by atoms with E-state index in [1.807, 2.05) is 31.2 Å². The predicted octanol–water partition coefficient (Wildman–Crippen LogP) is 2.94. The molecule has 5 heteroatoms. The van der Waals surface area contributed by atoms with Crippen molar-refractivity contribution >= 4 is 23.6 Å². The number of benzene rings is 1. The van der Waals surface area contributed by atoms with Gasteiger partial charge in [-0.3, -0.25) is 9.59 Å². The molecule has 1 aromatic carbocycles. The molecule has 0 saturated carbocycles. The second-order valence-corrected chi connectivity index (χ2v) is 5.81. The number of hydrogen-bond donors (Lipinski definition) is 1. The van der Waals surface area contributed by atoms with Crippen molar-refractivity contribution in [2.45, 2.75) is 37.5 Å². The standard InChI is InChI=1S/C16H23NO3S/c1-13-8-5-6-9-14(13)21-12-15(18)17-11-7-3-4-10-16(19)20-2/h5-6,8-9H,3-4,7,10-12H2,1-2H3,(H,17,18). The number of hydrogen-bond acceptors (Lipinski definition) is 4. The van der Waals surface area contributed by atoms with Crippen LogP contribution in [0.3, 0.4) is 0 Å². The lowest BCUT2D eigenvalue weighted by molar-refractivity contribution is -0.140. The van der Waals surface area contributed by atoms with Crippen LogP contribution in [0, 0.1) is 6.92 Å². The molecule has 21 heavy (non-hydrogen) atoms. The second kappa shape index (κ2) is 10.3. The number of amides is 1. The van der Waals surface area contributed by atoms with Crippen molar-refractivity contribution in [3.63, 3.8) is 0 Å². The van der Waals surface area contributed by atoms with E-state index in [1.165, 1.54) is 12.7 Å². The summed E-state index contributed by atoms with van der Waals surface area (Å²) in [5.41, 5.74) is 1.19. The topological polar surface area (TPSA) is 55.4 Å². The average Bonchev–Trinajstić information content (AvgIpc) is 2.49. The Kier molecular flexibility index (Phi) is 8.59. The van der Waals surface area contributed by atoms with Gasteiger partial charge >= 0.3 is 5.97 Å². The van der Waals surface area contributed by atoms with Crippen LogP contribution in [0.25, 0.3) is 0 Å². The highest BCUT2D eigenvalue weighted by atomic mass is 32.2. The Balaban J connectivity index is 2.07. The zero-order valence-electron chi connectivity index (χ0n) is 12.7. The number of unbranched alkanes of at least 4 members (excludes halogenated alkanes) is 2. The minimum Gasteiger partial charge on any atom is -0.469 e. The van der Waals surface area contributed by atoms with Gasteiger partial charge in [-0.25, -0.2) is 0 Å². The Labute approximate surface area is 130 Å². The highest BCUT2D eigenvalue weighted by Gasteiger charge is 2.04. The third-order valence-electron chi connectivity index (χ3n) is 3.06. The molecule has 116 valence electrons. The summed E-state index contributed by atoms with van der Waals surface area (Å²) in [6, 6.07) is 8.05. The van der Waals surface area contributed by atoms with Gasteiger partial charge in [-0.2, -0.15) is 0 Å². The Morgan fingerprint density at radius 1 is 1.19 bits per heavy atom. The molecule has 1 amide bonds. The molecule has 0 radical (unpaired) electrons. The quantitative estimate of drug-likeness (QED) is 0.433. The van der Waals surface area contributed by atoms with Crippen LogP contribution >= 0.6 is 11.8 Å². The van der Waals surface area contributed by atoms with Crippen LogP contribution < -0.4 is 5.32 Å². The molecule has 1 N–H and O–H groups in total. The number of methoxy groups -OCH3 is 1.